The lowest BCUT2D eigenvalue weighted by molar-refractivity contribution is 0.404. The van der Waals surface area contributed by atoms with Gasteiger partial charge < -0.3 is 5.32 Å². The molecule has 0 saturated carbocycles. The summed E-state index contributed by atoms with van der Waals surface area (Å²) in [4.78, 5) is 0.395. The van der Waals surface area contributed by atoms with Crippen LogP contribution in [0.5, 0.6) is 0 Å². The van der Waals surface area contributed by atoms with Crippen molar-refractivity contribution < 1.29 is 8.60 Å². The summed E-state index contributed by atoms with van der Waals surface area (Å²) in [6, 6.07) is 5.07. The van der Waals surface area contributed by atoms with E-state index in [0.717, 1.165) is 12.1 Å². The van der Waals surface area contributed by atoms with Crippen LogP contribution in [0.25, 0.3) is 0 Å². The first-order valence-electron chi connectivity index (χ1n) is 5.55. The van der Waals surface area contributed by atoms with Gasteiger partial charge in [-0.15, -0.1) is 0 Å². The fourth-order valence-electron chi connectivity index (χ4n) is 2.27. The minimum atomic E-state index is -1.20. The highest BCUT2D eigenvalue weighted by Gasteiger charge is 2.31. The molecule has 1 N–H and O–H groups in total. The highest BCUT2D eigenvalue weighted by Crippen LogP contribution is 2.35. The molecule has 1 aliphatic rings. The van der Waals surface area contributed by atoms with Crippen molar-refractivity contribution in [2.75, 3.05) is 12.3 Å². The van der Waals surface area contributed by atoms with Gasteiger partial charge in [-0.05, 0) is 24.1 Å². The lowest BCUT2D eigenvalue weighted by Crippen LogP contribution is -2.34. The largest absolute Gasteiger partial charge is 0.310 e. The monoisotopic (exact) mass is 241 g/mol. The Labute approximate surface area is 97.7 Å². The van der Waals surface area contributed by atoms with Crippen molar-refractivity contribution in [3.63, 3.8) is 0 Å². The Balaban J connectivity index is 2.50. The van der Waals surface area contributed by atoms with E-state index in [1.807, 2.05) is 13.0 Å². The Hall–Kier alpha value is -0.740. The third-order valence-electron chi connectivity index (χ3n) is 2.97. The summed E-state index contributed by atoms with van der Waals surface area (Å²) in [5.74, 6) is 0.465. The normalized spacial score (nSPS) is 28.8. The molecule has 1 aromatic carbocycles. The van der Waals surface area contributed by atoms with Crippen molar-refractivity contribution >= 4 is 10.8 Å². The minimum absolute atomic E-state index is 0.119. The lowest BCUT2D eigenvalue weighted by atomic mass is 9.95. The quantitative estimate of drug-likeness (QED) is 0.860. The third-order valence-corrected chi connectivity index (χ3v) is 4.68. The molecule has 1 aromatic rings. The first kappa shape index (κ1) is 11.7. The molecule has 88 valence electrons. The third kappa shape index (κ3) is 1.92. The summed E-state index contributed by atoms with van der Waals surface area (Å²) in [7, 11) is -1.20. The summed E-state index contributed by atoms with van der Waals surface area (Å²) in [6.07, 6.45) is 0. The van der Waals surface area contributed by atoms with Crippen LogP contribution in [-0.2, 0) is 10.8 Å². The van der Waals surface area contributed by atoms with Crippen LogP contribution in [-0.4, -0.2) is 16.5 Å². The first-order valence-corrected chi connectivity index (χ1v) is 6.87. The maximum atomic E-state index is 13.6. The maximum absolute atomic E-state index is 13.6. The molecule has 2 nitrogen and oxygen atoms in total. The van der Waals surface area contributed by atoms with Gasteiger partial charge in [0, 0.05) is 11.8 Å². The maximum Gasteiger partial charge on any atom is 0.139 e. The predicted molar refractivity (Wildman–Crippen MR) is 63.3 cm³/mol. The molecule has 0 amide bonds. The van der Waals surface area contributed by atoms with Crippen LogP contribution in [0.2, 0.25) is 0 Å². The highest BCUT2D eigenvalue weighted by molar-refractivity contribution is 7.85. The molecule has 0 aromatic heterocycles. The molecule has 4 heteroatoms. The Morgan fingerprint density at radius 3 is 3.00 bits per heavy atom. The van der Waals surface area contributed by atoms with Crippen LogP contribution in [0.4, 0.5) is 4.39 Å². The van der Waals surface area contributed by atoms with Crippen molar-refractivity contribution in [1.82, 2.24) is 5.32 Å². The lowest BCUT2D eigenvalue weighted by Gasteiger charge is -2.31. The van der Waals surface area contributed by atoms with Crippen molar-refractivity contribution in [2.45, 2.75) is 24.8 Å². The molecule has 0 fully saturated rings. The van der Waals surface area contributed by atoms with Gasteiger partial charge in [0.1, 0.15) is 5.82 Å². The van der Waals surface area contributed by atoms with E-state index in [-0.39, 0.29) is 17.8 Å². The van der Waals surface area contributed by atoms with E-state index < -0.39 is 10.8 Å². The zero-order valence-electron chi connectivity index (χ0n) is 9.50. The number of fused-ring (bicyclic) bond motifs is 1. The summed E-state index contributed by atoms with van der Waals surface area (Å²) < 4.78 is 25.6. The molecule has 1 aliphatic heterocycles. The molecular formula is C12H16FNOS. The number of nitrogens with one attached hydrogen (secondary N) is 1. The Kier molecular flexibility index (Phi) is 3.40. The van der Waals surface area contributed by atoms with Crippen LogP contribution in [0, 0.1) is 11.7 Å². The summed E-state index contributed by atoms with van der Waals surface area (Å²) in [5.41, 5.74) is 0.860. The molecule has 16 heavy (non-hydrogen) atoms. The summed E-state index contributed by atoms with van der Waals surface area (Å²) >= 11 is 0. The zero-order valence-corrected chi connectivity index (χ0v) is 10.3. The number of hydrogen-bond acceptors (Lipinski definition) is 2. The van der Waals surface area contributed by atoms with E-state index in [2.05, 4.69) is 12.2 Å². The van der Waals surface area contributed by atoms with Crippen LogP contribution >= 0.6 is 0 Å². The molecule has 0 aliphatic carbocycles. The first-order chi connectivity index (χ1) is 7.65. The van der Waals surface area contributed by atoms with Gasteiger partial charge >= 0.3 is 0 Å². The van der Waals surface area contributed by atoms with E-state index in [4.69, 9.17) is 0 Å². The minimum Gasteiger partial charge on any atom is -0.310 e. The molecule has 3 atom stereocenters. The van der Waals surface area contributed by atoms with Gasteiger partial charge in [-0.25, -0.2) is 4.39 Å². The molecular weight excluding hydrogens is 225 g/mol. The zero-order chi connectivity index (χ0) is 11.7. The molecule has 1 heterocycles. The Morgan fingerprint density at radius 2 is 2.31 bits per heavy atom. The molecule has 0 radical (unpaired) electrons. The molecule has 0 spiro atoms. The second kappa shape index (κ2) is 4.63. The van der Waals surface area contributed by atoms with E-state index in [9.17, 15) is 8.60 Å². The molecule has 0 saturated heterocycles. The second-order valence-electron chi connectivity index (χ2n) is 4.18. The van der Waals surface area contributed by atoms with E-state index in [1.165, 1.54) is 6.07 Å². The van der Waals surface area contributed by atoms with Crippen molar-refractivity contribution in [2.24, 2.45) is 5.92 Å². The summed E-state index contributed by atoms with van der Waals surface area (Å²) in [6.45, 7) is 4.91. The summed E-state index contributed by atoms with van der Waals surface area (Å²) in [5, 5.41) is 3.34. The number of benzene rings is 1. The highest BCUT2D eigenvalue weighted by atomic mass is 32.2. The average molecular weight is 241 g/mol. The smallest absolute Gasteiger partial charge is 0.139 e. The van der Waals surface area contributed by atoms with Gasteiger partial charge in [0.25, 0.3) is 0 Å². The van der Waals surface area contributed by atoms with Crippen LogP contribution in [0.15, 0.2) is 23.1 Å². The van der Waals surface area contributed by atoms with Crippen LogP contribution in [0.3, 0.4) is 0 Å². The van der Waals surface area contributed by atoms with E-state index in [1.54, 1.807) is 6.07 Å². The van der Waals surface area contributed by atoms with Gasteiger partial charge in [-0.2, -0.15) is 0 Å². The van der Waals surface area contributed by atoms with Gasteiger partial charge in [0.2, 0.25) is 0 Å². The van der Waals surface area contributed by atoms with Crippen molar-refractivity contribution in [3.8, 4) is 0 Å². The van der Waals surface area contributed by atoms with Crippen LogP contribution < -0.4 is 5.32 Å². The topological polar surface area (TPSA) is 29.1 Å². The molecule has 2 rings (SSSR count). The average Bonchev–Trinajstić information content (AvgIpc) is 2.23. The van der Waals surface area contributed by atoms with Gasteiger partial charge in [0.05, 0.1) is 15.7 Å². The standard InChI is InChI=1S/C12H16FNOS/c1-3-14-11-8(2)7-16(15)12-9(11)5-4-6-10(12)13/h4-6,8,11,14H,3,7H2,1-2H3. The molecule has 0 bridgehead atoms. The molecule has 3 unspecified atom stereocenters. The fraction of sp³-hybridized carbons (Fsp3) is 0.500. The Bertz CT molecular complexity index is 421. The van der Waals surface area contributed by atoms with E-state index >= 15 is 0 Å². The number of halogens is 1. The Morgan fingerprint density at radius 1 is 1.56 bits per heavy atom. The van der Waals surface area contributed by atoms with Gasteiger partial charge in [-0.1, -0.05) is 26.0 Å². The van der Waals surface area contributed by atoms with Crippen molar-refractivity contribution in [3.05, 3.63) is 29.6 Å². The number of hydrogen-bond donors (Lipinski definition) is 1. The van der Waals surface area contributed by atoms with Gasteiger partial charge in [0.15, 0.2) is 0 Å². The SMILES string of the molecule is CCNC1c2cccc(F)c2S(=O)CC1C. The number of rotatable bonds is 2. The fourth-order valence-corrected chi connectivity index (χ4v) is 3.85. The van der Waals surface area contributed by atoms with Crippen molar-refractivity contribution in [1.29, 1.82) is 0 Å². The van der Waals surface area contributed by atoms with Crippen LogP contribution in [0.1, 0.15) is 25.5 Å². The van der Waals surface area contributed by atoms with E-state index in [0.29, 0.717) is 10.6 Å². The predicted octanol–water partition coefficient (Wildman–Crippen LogP) is 2.23. The van der Waals surface area contributed by atoms with Gasteiger partial charge in [-0.3, -0.25) is 4.21 Å². The second-order valence-corrected chi connectivity index (χ2v) is 5.62.